The molecule has 27 heavy (non-hydrogen) atoms. The third-order valence-electron chi connectivity index (χ3n) is 4.54. The van der Waals surface area contributed by atoms with Crippen molar-refractivity contribution < 1.29 is 8.78 Å². The summed E-state index contributed by atoms with van der Waals surface area (Å²) < 4.78 is 27.8. The van der Waals surface area contributed by atoms with Crippen molar-refractivity contribution in [2.75, 3.05) is 17.2 Å². The molecule has 9 heteroatoms. The topological polar surface area (TPSA) is 99.4 Å². The lowest BCUT2D eigenvalue weighted by molar-refractivity contribution is 0.0127. The van der Waals surface area contributed by atoms with Crippen LogP contribution < -0.4 is 10.6 Å². The number of rotatable bonds is 6. The van der Waals surface area contributed by atoms with Crippen LogP contribution in [0.4, 0.5) is 26.1 Å². The fraction of sp³-hybridized carbons (Fsp3) is 0.500. The van der Waals surface area contributed by atoms with E-state index in [1.165, 1.54) is 37.7 Å². The average Bonchev–Trinajstić information content (AvgIpc) is 2.67. The second-order valence-electron chi connectivity index (χ2n) is 6.79. The number of nitrogens with zero attached hydrogens (tertiary/aromatic N) is 5. The minimum Gasteiger partial charge on any atom is -0.383 e. The number of alkyl halides is 2. The van der Waals surface area contributed by atoms with Gasteiger partial charge in [-0.2, -0.15) is 14.0 Å². The van der Waals surface area contributed by atoms with Crippen molar-refractivity contribution in [1.29, 1.82) is 5.26 Å². The van der Waals surface area contributed by atoms with Crippen LogP contribution in [0, 0.1) is 17.2 Å². The maximum Gasteiger partial charge on any atom is 0.290 e. The highest BCUT2D eigenvalue weighted by molar-refractivity contribution is 5.60. The molecule has 0 unspecified atom stereocenters. The molecule has 142 valence electrons. The molecule has 2 aromatic heterocycles. The van der Waals surface area contributed by atoms with Crippen molar-refractivity contribution in [3.05, 3.63) is 29.8 Å². The number of nitriles is 1. The molecule has 0 bridgehead atoms. The Labute approximate surface area is 156 Å². The molecule has 2 heterocycles. The van der Waals surface area contributed by atoms with Crippen LogP contribution in [-0.4, -0.2) is 26.7 Å². The predicted octanol–water partition coefficient (Wildman–Crippen LogP) is 3.99. The van der Waals surface area contributed by atoms with E-state index in [4.69, 9.17) is 5.26 Å². The van der Waals surface area contributed by atoms with Crippen LogP contribution in [0.3, 0.4) is 0 Å². The third-order valence-corrected chi connectivity index (χ3v) is 4.54. The molecule has 2 aromatic rings. The summed E-state index contributed by atoms with van der Waals surface area (Å²) in [6, 6.07) is 3.38. The Morgan fingerprint density at radius 1 is 1.15 bits per heavy atom. The SMILES string of the molecule is CC(F)(F)c1nnc(Nc2cnc(C#N)cn2)cc1NCC1CCCCC1. The Morgan fingerprint density at radius 2 is 1.93 bits per heavy atom. The summed E-state index contributed by atoms with van der Waals surface area (Å²) in [5.41, 5.74) is 0.0596. The van der Waals surface area contributed by atoms with Crippen molar-refractivity contribution in [3.63, 3.8) is 0 Å². The molecule has 0 amide bonds. The van der Waals surface area contributed by atoms with Gasteiger partial charge in [0.25, 0.3) is 5.92 Å². The summed E-state index contributed by atoms with van der Waals surface area (Å²) in [6.07, 6.45) is 8.50. The van der Waals surface area contributed by atoms with E-state index in [9.17, 15) is 8.78 Å². The van der Waals surface area contributed by atoms with Crippen molar-refractivity contribution in [3.8, 4) is 6.07 Å². The number of aromatic nitrogens is 4. The molecule has 0 atom stereocenters. The maximum atomic E-state index is 13.9. The van der Waals surface area contributed by atoms with E-state index in [0.29, 0.717) is 18.3 Å². The molecule has 0 radical (unpaired) electrons. The molecule has 0 saturated heterocycles. The molecular weight excluding hydrogens is 352 g/mol. The monoisotopic (exact) mass is 373 g/mol. The molecule has 0 aliphatic heterocycles. The Hall–Kier alpha value is -2.89. The first-order chi connectivity index (χ1) is 13.0. The van der Waals surface area contributed by atoms with Gasteiger partial charge in [0.05, 0.1) is 18.1 Å². The molecule has 1 fully saturated rings. The van der Waals surface area contributed by atoms with Crippen LogP contribution >= 0.6 is 0 Å². The Morgan fingerprint density at radius 3 is 2.56 bits per heavy atom. The lowest BCUT2D eigenvalue weighted by Crippen LogP contribution is -2.21. The maximum absolute atomic E-state index is 13.9. The first-order valence-corrected chi connectivity index (χ1v) is 8.95. The molecule has 2 N–H and O–H groups in total. The zero-order chi connectivity index (χ0) is 19.3. The van der Waals surface area contributed by atoms with Gasteiger partial charge in [-0.25, -0.2) is 9.97 Å². The van der Waals surface area contributed by atoms with Gasteiger partial charge in [0.1, 0.15) is 11.9 Å². The van der Waals surface area contributed by atoms with E-state index < -0.39 is 5.92 Å². The third kappa shape index (κ3) is 5.06. The number of hydrogen-bond acceptors (Lipinski definition) is 7. The predicted molar refractivity (Wildman–Crippen MR) is 96.7 cm³/mol. The van der Waals surface area contributed by atoms with Crippen molar-refractivity contribution >= 4 is 17.3 Å². The summed E-state index contributed by atoms with van der Waals surface area (Å²) in [6.45, 7) is 1.44. The highest BCUT2D eigenvalue weighted by Crippen LogP contribution is 2.33. The molecular formula is C18H21F2N7. The first-order valence-electron chi connectivity index (χ1n) is 8.95. The van der Waals surface area contributed by atoms with Crippen molar-refractivity contribution in [1.82, 2.24) is 20.2 Å². The normalized spacial score (nSPS) is 15.2. The standard InChI is InChI=1S/C18H21F2N7/c1-18(19,20)17-14(23-9-12-5-3-2-4-6-12)7-15(26-27-17)25-16-11-22-13(8-21)10-24-16/h7,10-12H,2-6,9H2,1H3,(H2,23,24,25,26). The zero-order valence-corrected chi connectivity index (χ0v) is 15.0. The summed E-state index contributed by atoms with van der Waals surface area (Å²) in [5, 5.41) is 22.3. The van der Waals surface area contributed by atoms with Crippen LogP contribution in [-0.2, 0) is 5.92 Å². The highest BCUT2D eigenvalue weighted by Gasteiger charge is 2.31. The Kier molecular flexibility index (Phi) is 5.74. The van der Waals surface area contributed by atoms with E-state index in [1.807, 2.05) is 6.07 Å². The zero-order valence-electron chi connectivity index (χ0n) is 15.0. The van der Waals surface area contributed by atoms with E-state index >= 15 is 0 Å². The van der Waals surface area contributed by atoms with E-state index in [1.54, 1.807) is 0 Å². The van der Waals surface area contributed by atoms with Crippen LogP contribution in [0.1, 0.15) is 50.4 Å². The smallest absolute Gasteiger partial charge is 0.290 e. The molecule has 0 aromatic carbocycles. The minimum absolute atomic E-state index is 0.183. The van der Waals surface area contributed by atoms with Gasteiger partial charge in [0, 0.05) is 19.5 Å². The van der Waals surface area contributed by atoms with Crippen molar-refractivity contribution in [2.24, 2.45) is 5.92 Å². The molecule has 3 rings (SSSR count). The number of nitrogens with one attached hydrogen (secondary N) is 2. The van der Waals surface area contributed by atoms with Gasteiger partial charge in [-0.05, 0) is 18.8 Å². The summed E-state index contributed by atoms with van der Waals surface area (Å²) in [5.74, 6) is -2.01. The van der Waals surface area contributed by atoms with Crippen LogP contribution in [0.15, 0.2) is 18.5 Å². The number of hydrogen-bond donors (Lipinski definition) is 2. The van der Waals surface area contributed by atoms with Crippen LogP contribution in [0.2, 0.25) is 0 Å². The Balaban J connectivity index is 1.77. The lowest BCUT2D eigenvalue weighted by Gasteiger charge is -2.23. The van der Waals surface area contributed by atoms with E-state index in [0.717, 1.165) is 19.8 Å². The molecule has 0 spiro atoms. The van der Waals surface area contributed by atoms with E-state index in [2.05, 4.69) is 30.8 Å². The van der Waals surface area contributed by atoms with Gasteiger partial charge >= 0.3 is 0 Å². The quantitative estimate of drug-likeness (QED) is 0.790. The lowest BCUT2D eigenvalue weighted by atomic mass is 9.89. The van der Waals surface area contributed by atoms with E-state index in [-0.39, 0.29) is 22.9 Å². The second-order valence-corrected chi connectivity index (χ2v) is 6.79. The fourth-order valence-electron chi connectivity index (χ4n) is 3.14. The molecule has 7 nitrogen and oxygen atoms in total. The Bertz CT molecular complexity index is 806. The number of anilines is 3. The van der Waals surface area contributed by atoms with Gasteiger partial charge < -0.3 is 10.6 Å². The van der Waals surface area contributed by atoms with Gasteiger partial charge in [0.15, 0.2) is 17.2 Å². The van der Waals surface area contributed by atoms with Gasteiger partial charge in [-0.15, -0.1) is 10.2 Å². The number of halogens is 2. The van der Waals surface area contributed by atoms with Crippen LogP contribution in [0.25, 0.3) is 0 Å². The largest absolute Gasteiger partial charge is 0.383 e. The van der Waals surface area contributed by atoms with Gasteiger partial charge in [-0.1, -0.05) is 19.3 Å². The molecule has 1 aliphatic carbocycles. The fourth-order valence-corrected chi connectivity index (χ4v) is 3.14. The summed E-state index contributed by atoms with van der Waals surface area (Å²) in [7, 11) is 0. The van der Waals surface area contributed by atoms with Crippen LogP contribution in [0.5, 0.6) is 0 Å². The average molecular weight is 373 g/mol. The van der Waals surface area contributed by atoms with Gasteiger partial charge in [-0.3, -0.25) is 0 Å². The molecule has 1 saturated carbocycles. The second kappa shape index (κ2) is 8.20. The first kappa shape index (κ1) is 18.9. The van der Waals surface area contributed by atoms with Gasteiger partial charge in [0.2, 0.25) is 0 Å². The highest BCUT2D eigenvalue weighted by atomic mass is 19.3. The summed E-state index contributed by atoms with van der Waals surface area (Å²) >= 11 is 0. The molecule has 1 aliphatic rings. The summed E-state index contributed by atoms with van der Waals surface area (Å²) in [4.78, 5) is 7.93. The minimum atomic E-state index is -3.10. The van der Waals surface area contributed by atoms with Crippen molar-refractivity contribution in [2.45, 2.75) is 45.0 Å².